The van der Waals surface area contributed by atoms with Gasteiger partial charge in [-0.3, -0.25) is 14.2 Å². The second-order valence-corrected chi connectivity index (χ2v) is 6.28. The Balaban J connectivity index is 1.60. The minimum atomic E-state index is 0.0470. The lowest BCUT2D eigenvalue weighted by atomic mass is 10.1. The summed E-state index contributed by atoms with van der Waals surface area (Å²) < 4.78 is 1.99. The van der Waals surface area contributed by atoms with Crippen LogP contribution in [0.15, 0.2) is 67.4 Å². The van der Waals surface area contributed by atoms with E-state index in [-0.39, 0.29) is 5.78 Å². The number of carbonyl (C=O) groups is 1. The molecule has 0 amide bonds. The maximum Gasteiger partial charge on any atom is 0.180 e. The Hall–Kier alpha value is -3.54. The van der Waals surface area contributed by atoms with Gasteiger partial charge in [0.1, 0.15) is 0 Å². The van der Waals surface area contributed by atoms with Crippen LogP contribution in [0.5, 0.6) is 0 Å². The van der Waals surface area contributed by atoms with Gasteiger partial charge in [0.25, 0.3) is 0 Å². The fraction of sp³-hybridized carbons (Fsp3) is 0.143. The maximum absolute atomic E-state index is 11.7. The Labute approximate surface area is 156 Å². The maximum atomic E-state index is 11.7. The van der Waals surface area contributed by atoms with Crippen molar-refractivity contribution in [1.82, 2.24) is 19.4 Å². The second-order valence-electron chi connectivity index (χ2n) is 6.28. The van der Waals surface area contributed by atoms with E-state index >= 15 is 0 Å². The van der Waals surface area contributed by atoms with Crippen molar-refractivity contribution in [2.75, 3.05) is 11.9 Å². The van der Waals surface area contributed by atoms with E-state index in [2.05, 4.69) is 20.3 Å². The Morgan fingerprint density at radius 2 is 1.96 bits per heavy atom. The smallest absolute Gasteiger partial charge is 0.180 e. The third-order valence-electron chi connectivity index (χ3n) is 4.45. The number of hydrogen-bond acceptors (Lipinski definition) is 5. The number of nitrogens with one attached hydrogen (secondary N) is 1. The summed E-state index contributed by atoms with van der Waals surface area (Å²) in [7, 11) is 0. The molecule has 0 unspecified atom stereocenters. The minimum Gasteiger partial charge on any atom is -0.367 e. The molecule has 0 saturated carbocycles. The number of benzene rings is 1. The molecule has 6 nitrogen and oxygen atoms in total. The molecule has 4 aromatic rings. The van der Waals surface area contributed by atoms with Crippen molar-refractivity contribution < 1.29 is 4.79 Å². The predicted molar refractivity (Wildman–Crippen MR) is 105 cm³/mol. The lowest BCUT2D eigenvalue weighted by molar-refractivity contribution is 0.101. The summed E-state index contributed by atoms with van der Waals surface area (Å²) >= 11 is 0. The van der Waals surface area contributed by atoms with Crippen LogP contribution in [-0.2, 0) is 6.42 Å². The average molecular weight is 357 g/mol. The lowest BCUT2D eigenvalue weighted by Gasteiger charge is -2.08. The molecule has 0 aliphatic carbocycles. The molecule has 6 heteroatoms. The highest BCUT2D eigenvalue weighted by molar-refractivity contribution is 5.95. The highest BCUT2D eigenvalue weighted by atomic mass is 16.1. The van der Waals surface area contributed by atoms with Crippen LogP contribution in [0.25, 0.3) is 16.9 Å². The molecule has 0 aliphatic heterocycles. The van der Waals surface area contributed by atoms with E-state index in [9.17, 15) is 4.79 Å². The van der Waals surface area contributed by atoms with Crippen molar-refractivity contribution in [2.24, 2.45) is 0 Å². The summed E-state index contributed by atoms with van der Waals surface area (Å²) in [4.78, 5) is 24.7. The number of Topliss-reactive ketones (excluding diaryl/α,β-unsaturated/α-hetero) is 1. The number of fused-ring (bicyclic) bond motifs is 1. The van der Waals surface area contributed by atoms with Gasteiger partial charge in [0.15, 0.2) is 17.2 Å². The monoisotopic (exact) mass is 357 g/mol. The first-order chi connectivity index (χ1) is 13.2. The van der Waals surface area contributed by atoms with E-state index in [0.717, 1.165) is 35.7 Å². The largest absolute Gasteiger partial charge is 0.367 e. The number of aromatic nitrogens is 4. The van der Waals surface area contributed by atoms with Crippen LogP contribution in [0, 0.1) is 0 Å². The second kappa shape index (κ2) is 7.37. The van der Waals surface area contributed by atoms with Gasteiger partial charge in [-0.05, 0) is 37.1 Å². The topological polar surface area (TPSA) is 72.2 Å². The molecule has 4 rings (SSSR count). The molecular formula is C21H19N5O. The number of imidazole rings is 1. The third-order valence-corrected chi connectivity index (χ3v) is 4.45. The number of anilines is 1. The van der Waals surface area contributed by atoms with Crippen LogP contribution in [0.1, 0.15) is 22.8 Å². The van der Waals surface area contributed by atoms with E-state index in [0.29, 0.717) is 5.56 Å². The molecule has 27 heavy (non-hydrogen) atoms. The van der Waals surface area contributed by atoms with E-state index in [1.807, 2.05) is 53.2 Å². The predicted octanol–water partition coefficient (Wildman–Crippen LogP) is 3.65. The van der Waals surface area contributed by atoms with Crippen molar-refractivity contribution in [3.05, 3.63) is 78.5 Å². The summed E-state index contributed by atoms with van der Waals surface area (Å²) in [5, 5.41) is 3.36. The van der Waals surface area contributed by atoms with Gasteiger partial charge in [0, 0.05) is 42.5 Å². The normalized spacial score (nSPS) is 10.9. The summed E-state index contributed by atoms with van der Waals surface area (Å²) in [6.07, 6.45) is 9.91. The molecular weight excluding hydrogens is 338 g/mol. The zero-order valence-electron chi connectivity index (χ0n) is 15.0. The number of rotatable bonds is 6. The van der Waals surface area contributed by atoms with Gasteiger partial charge in [-0.25, -0.2) is 9.97 Å². The number of nitrogens with zero attached hydrogens (tertiary/aromatic N) is 4. The van der Waals surface area contributed by atoms with Crippen LogP contribution in [0.4, 0.5) is 5.82 Å². The molecule has 1 aromatic carbocycles. The first kappa shape index (κ1) is 16.9. The fourth-order valence-electron chi connectivity index (χ4n) is 3.03. The van der Waals surface area contributed by atoms with Gasteiger partial charge in [0.05, 0.1) is 11.9 Å². The Bertz CT molecular complexity index is 1090. The molecule has 0 atom stereocenters. The van der Waals surface area contributed by atoms with Gasteiger partial charge in [0.2, 0.25) is 0 Å². The quantitative estimate of drug-likeness (QED) is 0.533. The Morgan fingerprint density at radius 1 is 1.11 bits per heavy atom. The van der Waals surface area contributed by atoms with Crippen molar-refractivity contribution in [1.29, 1.82) is 0 Å². The zero-order valence-corrected chi connectivity index (χ0v) is 15.0. The van der Waals surface area contributed by atoms with E-state index in [1.165, 1.54) is 5.56 Å². The molecule has 0 saturated heterocycles. The summed E-state index contributed by atoms with van der Waals surface area (Å²) in [5.41, 5.74) is 4.54. The fourth-order valence-corrected chi connectivity index (χ4v) is 3.03. The SMILES string of the molecule is CC(=O)c1cccc(-c2cnc3c(NCCc4ccncc4)nccn23)c1. The number of carbonyl (C=O) groups excluding carboxylic acids is 1. The first-order valence-corrected chi connectivity index (χ1v) is 8.78. The van der Waals surface area contributed by atoms with Crippen molar-refractivity contribution in [3.8, 4) is 11.3 Å². The Morgan fingerprint density at radius 3 is 2.78 bits per heavy atom. The average Bonchev–Trinajstić information content (AvgIpc) is 3.14. The molecule has 1 N–H and O–H groups in total. The summed E-state index contributed by atoms with van der Waals surface area (Å²) in [6, 6.07) is 11.6. The number of ketones is 1. The van der Waals surface area contributed by atoms with Crippen molar-refractivity contribution in [2.45, 2.75) is 13.3 Å². The molecule has 0 fully saturated rings. The van der Waals surface area contributed by atoms with Gasteiger partial charge in [-0.15, -0.1) is 0 Å². The van der Waals surface area contributed by atoms with Gasteiger partial charge < -0.3 is 5.32 Å². The first-order valence-electron chi connectivity index (χ1n) is 8.78. The van der Waals surface area contributed by atoms with Crippen molar-refractivity contribution in [3.63, 3.8) is 0 Å². The van der Waals surface area contributed by atoms with E-state index in [4.69, 9.17) is 0 Å². The third kappa shape index (κ3) is 3.55. The van der Waals surface area contributed by atoms with Crippen molar-refractivity contribution >= 4 is 17.2 Å². The van der Waals surface area contributed by atoms with Gasteiger partial charge in [-0.1, -0.05) is 18.2 Å². The highest BCUT2D eigenvalue weighted by Crippen LogP contribution is 2.24. The van der Waals surface area contributed by atoms with Crippen LogP contribution in [-0.4, -0.2) is 31.7 Å². The summed E-state index contributed by atoms with van der Waals surface area (Å²) in [6.45, 7) is 2.32. The highest BCUT2D eigenvalue weighted by Gasteiger charge is 2.11. The van der Waals surface area contributed by atoms with Crippen LogP contribution >= 0.6 is 0 Å². The number of pyridine rings is 1. The molecule has 0 spiro atoms. The van der Waals surface area contributed by atoms with Crippen LogP contribution < -0.4 is 5.32 Å². The minimum absolute atomic E-state index is 0.0470. The Kier molecular flexibility index (Phi) is 4.61. The molecule has 134 valence electrons. The van der Waals surface area contributed by atoms with Crippen LogP contribution in [0.2, 0.25) is 0 Å². The number of hydrogen-bond donors (Lipinski definition) is 1. The van der Waals surface area contributed by atoms with E-state index in [1.54, 1.807) is 25.5 Å². The molecule has 3 aromatic heterocycles. The molecule has 0 aliphatic rings. The zero-order chi connectivity index (χ0) is 18.6. The van der Waals surface area contributed by atoms with Gasteiger partial charge >= 0.3 is 0 Å². The molecule has 0 radical (unpaired) electrons. The standard InChI is InChI=1S/C21H19N5O/c1-15(27)17-3-2-4-18(13-17)19-14-25-21-20(24-11-12-26(19)21)23-10-7-16-5-8-22-9-6-16/h2-6,8-9,11-14H,7,10H2,1H3,(H,23,24). The lowest BCUT2D eigenvalue weighted by Crippen LogP contribution is -2.08. The van der Waals surface area contributed by atoms with Crippen LogP contribution in [0.3, 0.4) is 0 Å². The molecule has 3 heterocycles. The summed E-state index contributed by atoms with van der Waals surface area (Å²) in [5.74, 6) is 0.784. The van der Waals surface area contributed by atoms with Gasteiger partial charge in [-0.2, -0.15) is 0 Å². The molecule has 0 bridgehead atoms. The van der Waals surface area contributed by atoms with E-state index < -0.39 is 0 Å².